The Balaban J connectivity index is 1.27. The van der Waals surface area contributed by atoms with E-state index in [0.29, 0.717) is 43.7 Å². The number of benzene rings is 2. The first-order valence-electron chi connectivity index (χ1n) is 11.9. The summed E-state index contributed by atoms with van der Waals surface area (Å²) in [6, 6.07) is 12.7. The molecule has 0 spiro atoms. The van der Waals surface area contributed by atoms with Crippen molar-refractivity contribution in [2.45, 2.75) is 6.54 Å². The Morgan fingerprint density at radius 1 is 1.18 bits per heavy atom. The number of anilines is 4. The van der Waals surface area contributed by atoms with Gasteiger partial charge < -0.3 is 20.1 Å². The van der Waals surface area contributed by atoms with E-state index in [1.165, 1.54) is 28.1 Å². The molecule has 2 aromatic heterocycles. The maximum atomic E-state index is 13.3. The van der Waals surface area contributed by atoms with Crippen molar-refractivity contribution in [2.24, 2.45) is 0 Å². The summed E-state index contributed by atoms with van der Waals surface area (Å²) in [5.74, 6) is 0.655. The number of hydrogen-bond donors (Lipinski definition) is 2. The van der Waals surface area contributed by atoms with E-state index in [0.717, 1.165) is 37.3 Å². The molecule has 38 heavy (non-hydrogen) atoms. The lowest BCUT2D eigenvalue weighted by molar-refractivity contribution is 0.0342. The van der Waals surface area contributed by atoms with Crippen molar-refractivity contribution in [1.29, 1.82) is 0 Å². The van der Waals surface area contributed by atoms with Gasteiger partial charge in [0.15, 0.2) is 5.82 Å². The molecular weight excluding hydrogens is 572 g/mol. The predicted octanol–water partition coefficient (Wildman–Crippen LogP) is 5.23. The maximum Gasteiger partial charge on any atom is 0.332 e. The lowest BCUT2D eigenvalue weighted by Crippen LogP contribution is -2.35. The van der Waals surface area contributed by atoms with Crippen LogP contribution in [0.15, 0.2) is 53.3 Å². The predicted molar refractivity (Wildman–Crippen MR) is 150 cm³/mol. The minimum atomic E-state index is -0.429. The van der Waals surface area contributed by atoms with E-state index in [4.69, 9.17) is 9.47 Å². The van der Waals surface area contributed by atoms with Gasteiger partial charge in [-0.25, -0.2) is 19.7 Å². The maximum absolute atomic E-state index is 13.3. The summed E-state index contributed by atoms with van der Waals surface area (Å²) in [6.45, 7) is 4.17. The molecule has 1 saturated heterocycles. The van der Waals surface area contributed by atoms with Crippen LogP contribution >= 0.6 is 27.3 Å². The first-order chi connectivity index (χ1) is 18.5. The highest BCUT2D eigenvalue weighted by Crippen LogP contribution is 2.45. The molecule has 0 unspecified atom stereocenters. The molecular formula is C26H23BrN6O4S. The molecule has 194 valence electrons. The molecule has 2 N–H and O–H groups in total. The molecule has 1 fully saturated rings. The highest BCUT2D eigenvalue weighted by Gasteiger charge is 2.34. The van der Waals surface area contributed by atoms with Gasteiger partial charge in [-0.2, -0.15) is 0 Å². The third-order valence-electron chi connectivity index (χ3n) is 6.44. The Labute approximate surface area is 230 Å². The molecule has 2 aliphatic heterocycles. The number of aromatic nitrogens is 2. The van der Waals surface area contributed by atoms with Crippen molar-refractivity contribution in [3.8, 4) is 5.75 Å². The van der Waals surface area contributed by atoms with Crippen LogP contribution < -0.4 is 20.3 Å². The molecule has 4 aromatic rings. The number of rotatable bonds is 6. The molecule has 0 radical (unpaired) electrons. The Kier molecular flexibility index (Phi) is 6.70. The number of nitrogens with one attached hydrogen (secondary N) is 2. The smallest absolute Gasteiger partial charge is 0.332 e. The fraction of sp³-hybridized carbons (Fsp3) is 0.231. The van der Waals surface area contributed by atoms with Gasteiger partial charge in [-0.3, -0.25) is 9.69 Å². The van der Waals surface area contributed by atoms with Gasteiger partial charge in [-0.15, -0.1) is 11.3 Å². The van der Waals surface area contributed by atoms with Crippen molar-refractivity contribution in [1.82, 2.24) is 14.9 Å². The molecule has 10 nitrogen and oxygen atoms in total. The molecule has 12 heteroatoms. The Morgan fingerprint density at radius 2 is 1.97 bits per heavy atom. The van der Waals surface area contributed by atoms with E-state index in [2.05, 4.69) is 41.4 Å². The van der Waals surface area contributed by atoms with E-state index in [1.807, 2.05) is 24.3 Å². The standard InChI is InChI=1S/C26H23BrN6O4S/c1-36-19-12-17(6-7-18(19)27)33-23-20-21(31-26(33)35)22(38-25(20)29-14-28-23)24(34)30-16-4-2-15(3-5-16)13-32-8-10-37-11-9-32/h2-7,12,14H,8-11,13H2,1H3,(H,30,34)(H,31,35). The molecule has 2 aromatic carbocycles. The molecule has 3 amide bonds. The van der Waals surface area contributed by atoms with E-state index < -0.39 is 6.03 Å². The van der Waals surface area contributed by atoms with Gasteiger partial charge in [0.25, 0.3) is 5.91 Å². The van der Waals surface area contributed by atoms with Gasteiger partial charge in [0.1, 0.15) is 21.8 Å². The van der Waals surface area contributed by atoms with Crippen molar-refractivity contribution in [3.63, 3.8) is 0 Å². The number of halogens is 1. The highest BCUT2D eigenvalue weighted by atomic mass is 79.9. The molecule has 2 aliphatic rings. The molecule has 4 heterocycles. The van der Waals surface area contributed by atoms with Crippen LogP contribution in [0.5, 0.6) is 5.75 Å². The average Bonchev–Trinajstić information content (AvgIpc) is 3.30. The van der Waals surface area contributed by atoms with Crippen LogP contribution in [0.25, 0.3) is 10.2 Å². The highest BCUT2D eigenvalue weighted by molar-refractivity contribution is 9.10. The number of morpholine rings is 1. The number of carbonyl (C=O) groups is 2. The Bertz CT molecular complexity index is 1540. The third-order valence-corrected chi connectivity index (χ3v) is 8.19. The monoisotopic (exact) mass is 594 g/mol. The lowest BCUT2D eigenvalue weighted by Gasteiger charge is -2.27. The summed E-state index contributed by atoms with van der Waals surface area (Å²) >= 11 is 4.65. The van der Waals surface area contributed by atoms with Crippen LogP contribution in [0.2, 0.25) is 0 Å². The number of nitrogens with zero attached hydrogens (tertiary/aromatic N) is 4. The minimum absolute atomic E-state index is 0.325. The number of carbonyl (C=O) groups excluding carboxylic acids is 2. The topological polar surface area (TPSA) is 109 Å². The normalized spacial score (nSPS) is 15.4. The lowest BCUT2D eigenvalue weighted by atomic mass is 10.1. The van der Waals surface area contributed by atoms with Crippen molar-refractivity contribution < 1.29 is 19.1 Å². The van der Waals surface area contributed by atoms with Crippen molar-refractivity contribution in [2.75, 3.05) is 48.9 Å². The molecule has 0 bridgehead atoms. The number of hydrogen-bond acceptors (Lipinski definition) is 8. The van der Waals surface area contributed by atoms with E-state index in [9.17, 15) is 9.59 Å². The first kappa shape index (κ1) is 24.7. The quantitative estimate of drug-likeness (QED) is 0.314. The summed E-state index contributed by atoms with van der Waals surface area (Å²) < 4.78 is 11.6. The number of thiophene rings is 1. The molecule has 0 aliphatic carbocycles. The Morgan fingerprint density at radius 3 is 2.74 bits per heavy atom. The Hall–Kier alpha value is -3.58. The third kappa shape index (κ3) is 4.60. The molecule has 0 atom stereocenters. The average molecular weight is 595 g/mol. The molecule has 6 rings (SSSR count). The van der Waals surface area contributed by atoms with Crippen LogP contribution in [-0.4, -0.2) is 60.2 Å². The zero-order chi connectivity index (χ0) is 26.2. The molecule has 0 saturated carbocycles. The van der Waals surface area contributed by atoms with Crippen molar-refractivity contribution >= 4 is 72.3 Å². The number of urea groups is 1. The second kappa shape index (κ2) is 10.3. The first-order valence-corrected chi connectivity index (χ1v) is 13.6. The summed E-state index contributed by atoms with van der Waals surface area (Å²) in [4.78, 5) is 40.1. The second-order valence-corrected chi connectivity index (χ2v) is 10.7. The zero-order valence-corrected chi connectivity index (χ0v) is 22.8. The van der Waals surface area contributed by atoms with Gasteiger partial charge in [-0.05, 0) is 45.8 Å². The number of ether oxygens (including phenoxy) is 2. The minimum Gasteiger partial charge on any atom is -0.495 e. The van der Waals surface area contributed by atoms with Gasteiger partial charge in [-0.1, -0.05) is 12.1 Å². The van der Waals surface area contributed by atoms with Gasteiger partial charge >= 0.3 is 6.03 Å². The summed E-state index contributed by atoms with van der Waals surface area (Å²) in [6.07, 6.45) is 1.40. The van der Waals surface area contributed by atoms with Crippen molar-refractivity contribution in [3.05, 3.63) is 63.7 Å². The summed E-state index contributed by atoms with van der Waals surface area (Å²) in [5.41, 5.74) is 2.82. The summed E-state index contributed by atoms with van der Waals surface area (Å²) in [5, 5.41) is 6.45. The van der Waals surface area contributed by atoms with Crippen LogP contribution in [0, 0.1) is 0 Å². The van der Waals surface area contributed by atoms with E-state index >= 15 is 0 Å². The van der Waals surface area contributed by atoms with Crippen LogP contribution in [0.3, 0.4) is 0 Å². The van der Waals surface area contributed by atoms with Gasteiger partial charge in [0.05, 0.1) is 41.6 Å². The fourth-order valence-electron chi connectivity index (χ4n) is 4.55. The van der Waals surface area contributed by atoms with Crippen LogP contribution in [0.1, 0.15) is 15.2 Å². The van der Waals surface area contributed by atoms with Crippen LogP contribution in [-0.2, 0) is 11.3 Å². The SMILES string of the molecule is COc1cc(N2C(=O)Nc3c(C(=O)Nc4ccc(CN5CCOCC5)cc4)sc4ncnc2c34)ccc1Br. The largest absolute Gasteiger partial charge is 0.495 e. The second-order valence-electron chi connectivity index (χ2n) is 8.81. The van der Waals surface area contributed by atoms with Gasteiger partial charge in [0, 0.05) is 31.4 Å². The van der Waals surface area contributed by atoms with E-state index in [1.54, 1.807) is 25.3 Å². The van der Waals surface area contributed by atoms with Crippen LogP contribution in [0.4, 0.5) is 27.7 Å². The zero-order valence-electron chi connectivity index (χ0n) is 20.4. The number of methoxy groups -OCH3 is 1. The van der Waals surface area contributed by atoms with E-state index in [-0.39, 0.29) is 5.91 Å². The summed E-state index contributed by atoms with van der Waals surface area (Å²) in [7, 11) is 1.56. The fourth-order valence-corrected chi connectivity index (χ4v) is 5.95. The number of amides is 3. The van der Waals surface area contributed by atoms with Gasteiger partial charge in [0.2, 0.25) is 0 Å².